The lowest BCUT2D eigenvalue weighted by molar-refractivity contribution is -0.113. The molecule has 0 N–H and O–H groups in total. The van der Waals surface area contributed by atoms with Crippen molar-refractivity contribution in [2.45, 2.75) is 6.92 Å². The number of hydrogen-bond donors (Lipinski definition) is 0. The maximum atomic E-state index is 12.6. The smallest absolute Gasteiger partial charge is 0.298 e. The molecule has 2 aromatic carbocycles. The number of benzene rings is 2. The predicted molar refractivity (Wildman–Crippen MR) is 92.5 cm³/mol. The van der Waals surface area contributed by atoms with E-state index < -0.39 is 0 Å². The summed E-state index contributed by atoms with van der Waals surface area (Å²) in [5, 5.41) is -0.290. The van der Waals surface area contributed by atoms with Gasteiger partial charge in [-0.3, -0.25) is 9.59 Å². The van der Waals surface area contributed by atoms with Gasteiger partial charge in [0.2, 0.25) is 0 Å². The minimum atomic E-state index is -0.308. The van der Waals surface area contributed by atoms with Crippen LogP contribution in [0.1, 0.15) is 12.5 Å². The first-order valence-corrected chi connectivity index (χ1v) is 8.07. The van der Waals surface area contributed by atoms with Gasteiger partial charge in [0.1, 0.15) is 5.75 Å². The van der Waals surface area contributed by atoms with Gasteiger partial charge >= 0.3 is 0 Å². The molecule has 3 rings (SSSR count). The zero-order chi connectivity index (χ0) is 16.2. The fourth-order valence-electron chi connectivity index (χ4n) is 2.30. The van der Waals surface area contributed by atoms with Crippen LogP contribution in [0.25, 0.3) is 6.08 Å². The van der Waals surface area contributed by atoms with Crippen LogP contribution >= 0.6 is 11.8 Å². The Bertz CT molecular complexity index is 771. The second kappa shape index (κ2) is 6.71. The Kier molecular flexibility index (Phi) is 4.48. The zero-order valence-corrected chi connectivity index (χ0v) is 13.4. The Balaban J connectivity index is 1.94. The summed E-state index contributed by atoms with van der Waals surface area (Å²) < 4.78 is 5.56. The highest BCUT2D eigenvalue weighted by Gasteiger charge is 2.36. The minimum absolute atomic E-state index is 0.290. The van der Waals surface area contributed by atoms with E-state index in [4.69, 9.17) is 4.74 Å². The average molecular weight is 325 g/mol. The second-order valence-corrected chi connectivity index (χ2v) is 5.82. The number of carbonyl (C=O) groups excluding carboxylic acids is 2. The van der Waals surface area contributed by atoms with Gasteiger partial charge in [0, 0.05) is 5.56 Å². The molecule has 0 atom stereocenters. The van der Waals surface area contributed by atoms with Gasteiger partial charge < -0.3 is 4.74 Å². The molecule has 0 spiro atoms. The number of nitrogens with zero attached hydrogens (tertiary/aromatic N) is 1. The van der Waals surface area contributed by atoms with Crippen LogP contribution < -0.4 is 9.64 Å². The molecule has 2 amide bonds. The molecule has 0 radical (unpaired) electrons. The number of imide groups is 1. The number of rotatable bonds is 4. The van der Waals surface area contributed by atoms with Crippen molar-refractivity contribution in [1.82, 2.24) is 0 Å². The molecule has 116 valence electrons. The Morgan fingerprint density at radius 3 is 2.48 bits per heavy atom. The van der Waals surface area contributed by atoms with Gasteiger partial charge in [-0.25, -0.2) is 4.90 Å². The van der Waals surface area contributed by atoms with Crippen molar-refractivity contribution in [3.05, 3.63) is 65.1 Å². The van der Waals surface area contributed by atoms with Crippen LogP contribution in [0.15, 0.2) is 59.5 Å². The largest absolute Gasteiger partial charge is 0.493 e. The van der Waals surface area contributed by atoms with Gasteiger partial charge in [0.05, 0.1) is 17.2 Å². The van der Waals surface area contributed by atoms with Crippen molar-refractivity contribution in [2.75, 3.05) is 11.5 Å². The molecule has 1 aliphatic heterocycles. The number of ether oxygens (including phenoxy) is 1. The van der Waals surface area contributed by atoms with Gasteiger partial charge in [0.25, 0.3) is 11.1 Å². The summed E-state index contributed by atoms with van der Waals surface area (Å²) in [5.41, 5.74) is 1.37. The molecular formula is C18H15NO3S. The summed E-state index contributed by atoms with van der Waals surface area (Å²) in [7, 11) is 0. The van der Waals surface area contributed by atoms with E-state index in [9.17, 15) is 9.59 Å². The highest BCUT2D eigenvalue weighted by atomic mass is 32.2. The van der Waals surface area contributed by atoms with E-state index in [0.717, 1.165) is 17.3 Å². The fraction of sp³-hybridized carbons (Fsp3) is 0.111. The number of anilines is 1. The Morgan fingerprint density at radius 2 is 1.74 bits per heavy atom. The third-order valence-electron chi connectivity index (χ3n) is 3.31. The van der Waals surface area contributed by atoms with Crippen LogP contribution in [-0.4, -0.2) is 17.8 Å². The predicted octanol–water partition coefficient (Wildman–Crippen LogP) is 4.33. The van der Waals surface area contributed by atoms with Crippen molar-refractivity contribution in [2.24, 2.45) is 0 Å². The molecule has 0 aliphatic carbocycles. The van der Waals surface area contributed by atoms with Crippen molar-refractivity contribution in [1.29, 1.82) is 0 Å². The molecule has 1 heterocycles. The van der Waals surface area contributed by atoms with E-state index in [1.54, 1.807) is 30.3 Å². The first-order chi connectivity index (χ1) is 11.2. The Morgan fingerprint density at radius 1 is 1.04 bits per heavy atom. The number of amides is 2. The van der Waals surface area contributed by atoms with E-state index in [-0.39, 0.29) is 11.1 Å². The summed E-state index contributed by atoms with van der Waals surface area (Å²) in [4.78, 5) is 26.3. The summed E-state index contributed by atoms with van der Waals surface area (Å²) in [6.45, 7) is 2.44. The van der Waals surface area contributed by atoms with E-state index in [0.29, 0.717) is 22.9 Å². The van der Waals surface area contributed by atoms with Gasteiger partial charge in [-0.15, -0.1) is 0 Å². The molecule has 4 nitrogen and oxygen atoms in total. The monoisotopic (exact) mass is 325 g/mol. The highest BCUT2D eigenvalue weighted by molar-refractivity contribution is 8.19. The number of carbonyl (C=O) groups is 2. The van der Waals surface area contributed by atoms with Gasteiger partial charge in [-0.05, 0) is 43.0 Å². The van der Waals surface area contributed by atoms with Crippen LogP contribution in [0.5, 0.6) is 5.75 Å². The van der Waals surface area contributed by atoms with Crippen LogP contribution in [0, 0.1) is 0 Å². The van der Waals surface area contributed by atoms with Crippen LogP contribution in [-0.2, 0) is 4.79 Å². The molecule has 1 fully saturated rings. The Labute approximate surface area is 138 Å². The molecule has 1 saturated heterocycles. The second-order valence-electron chi connectivity index (χ2n) is 4.82. The van der Waals surface area contributed by atoms with Crippen LogP contribution in [0.3, 0.4) is 0 Å². The first-order valence-electron chi connectivity index (χ1n) is 7.25. The normalized spacial score (nSPS) is 16.2. The van der Waals surface area contributed by atoms with E-state index in [1.165, 1.54) is 4.90 Å². The maximum Gasteiger partial charge on any atom is 0.298 e. The van der Waals surface area contributed by atoms with Gasteiger partial charge in [0.15, 0.2) is 0 Å². The summed E-state index contributed by atoms with van der Waals surface area (Å²) in [5.74, 6) is 0.388. The third kappa shape index (κ3) is 3.14. The molecule has 2 aromatic rings. The van der Waals surface area contributed by atoms with Gasteiger partial charge in [-0.2, -0.15) is 0 Å². The zero-order valence-electron chi connectivity index (χ0n) is 12.6. The summed E-state index contributed by atoms with van der Waals surface area (Å²) in [6.07, 6.45) is 1.71. The number of para-hydroxylation sites is 2. The lowest BCUT2D eigenvalue weighted by Crippen LogP contribution is -2.27. The van der Waals surface area contributed by atoms with Crippen molar-refractivity contribution in [3.8, 4) is 5.75 Å². The molecular weight excluding hydrogens is 310 g/mol. The molecule has 23 heavy (non-hydrogen) atoms. The average Bonchev–Trinajstić information content (AvgIpc) is 2.84. The number of thioether (sulfide) groups is 1. The van der Waals surface area contributed by atoms with Crippen LogP contribution in [0.4, 0.5) is 10.5 Å². The lowest BCUT2D eigenvalue weighted by Gasteiger charge is -2.11. The van der Waals surface area contributed by atoms with E-state index in [1.807, 2.05) is 37.3 Å². The minimum Gasteiger partial charge on any atom is -0.493 e. The van der Waals surface area contributed by atoms with Crippen molar-refractivity contribution >= 4 is 34.7 Å². The third-order valence-corrected chi connectivity index (χ3v) is 4.18. The van der Waals surface area contributed by atoms with Crippen LogP contribution in [0.2, 0.25) is 0 Å². The van der Waals surface area contributed by atoms with Crippen molar-refractivity contribution < 1.29 is 14.3 Å². The Hall–Kier alpha value is -2.53. The molecule has 1 aliphatic rings. The quantitative estimate of drug-likeness (QED) is 0.785. The lowest BCUT2D eigenvalue weighted by atomic mass is 10.2. The topological polar surface area (TPSA) is 46.6 Å². The molecule has 0 bridgehead atoms. The standard InChI is InChI=1S/C18H15NO3S/c1-2-22-15-11-7-6-8-13(15)12-16-17(20)19(18(21)23-16)14-9-4-3-5-10-14/h3-12H,2H2,1H3/b16-12+. The summed E-state index contributed by atoms with van der Waals surface area (Å²) in [6, 6.07) is 16.4. The SMILES string of the molecule is CCOc1ccccc1/C=C1/SC(=O)N(c2ccccc2)C1=O. The van der Waals surface area contributed by atoms with Gasteiger partial charge in [-0.1, -0.05) is 36.4 Å². The number of hydrogen-bond acceptors (Lipinski definition) is 4. The molecule has 0 aromatic heterocycles. The fourth-order valence-corrected chi connectivity index (χ4v) is 3.13. The van der Waals surface area contributed by atoms with E-state index in [2.05, 4.69) is 0 Å². The molecule has 0 unspecified atom stereocenters. The molecule has 5 heteroatoms. The summed E-state index contributed by atoms with van der Waals surface area (Å²) >= 11 is 0.941. The molecule has 0 saturated carbocycles. The maximum absolute atomic E-state index is 12.6. The first kappa shape index (κ1) is 15.4. The highest BCUT2D eigenvalue weighted by Crippen LogP contribution is 2.36. The van der Waals surface area contributed by atoms with E-state index >= 15 is 0 Å². The van der Waals surface area contributed by atoms with Crippen molar-refractivity contribution in [3.63, 3.8) is 0 Å².